The van der Waals surface area contributed by atoms with Gasteiger partial charge < -0.3 is 25.6 Å². The van der Waals surface area contributed by atoms with Crippen molar-refractivity contribution in [3.05, 3.63) is 66.2 Å². The first-order valence-electron chi connectivity index (χ1n) is 10.9. The summed E-state index contributed by atoms with van der Waals surface area (Å²) in [5.74, 6) is -0.179. The van der Waals surface area contributed by atoms with Gasteiger partial charge in [0.2, 0.25) is 0 Å². The molecule has 3 N–H and O–H groups in total. The third-order valence-electron chi connectivity index (χ3n) is 5.58. The van der Waals surface area contributed by atoms with Crippen molar-refractivity contribution in [1.29, 1.82) is 0 Å². The van der Waals surface area contributed by atoms with Gasteiger partial charge in [0.1, 0.15) is 0 Å². The minimum Gasteiger partial charge on any atom is -0.383 e. The molecule has 0 aromatic heterocycles. The fourth-order valence-corrected chi connectivity index (χ4v) is 4.01. The number of urea groups is 1. The summed E-state index contributed by atoms with van der Waals surface area (Å²) in [6.45, 7) is 2.71. The van der Waals surface area contributed by atoms with Crippen LogP contribution in [0.1, 0.15) is 23.2 Å². The predicted octanol–water partition coefficient (Wildman–Crippen LogP) is 4.46. The minimum absolute atomic E-state index is 0.179. The summed E-state index contributed by atoms with van der Waals surface area (Å²) < 4.78 is 5.03. The van der Waals surface area contributed by atoms with E-state index in [1.54, 1.807) is 13.2 Å². The van der Waals surface area contributed by atoms with Crippen LogP contribution in [0.4, 0.5) is 21.9 Å². The van der Waals surface area contributed by atoms with Crippen LogP contribution in [0.2, 0.25) is 0 Å². The largest absolute Gasteiger partial charge is 0.383 e. The first-order chi connectivity index (χ1) is 15.7. The molecule has 1 heterocycles. The van der Waals surface area contributed by atoms with Crippen LogP contribution in [0, 0.1) is 0 Å². The molecule has 0 saturated carbocycles. The molecule has 7 nitrogen and oxygen atoms in total. The lowest BCUT2D eigenvalue weighted by molar-refractivity contribution is 0.0937. The molecule has 32 heavy (non-hydrogen) atoms. The maximum absolute atomic E-state index is 12.9. The van der Waals surface area contributed by atoms with Gasteiger partial charge in [-0.1, -0.05) is 36.4 Å². The zero-order valence-corrected chi connectivity index (χ0v) is 18.2. The van der Waals surface area contributed by atoms with Crippen molar-refractivity contribution < 1.29 is 14.3 Å². The summed E-state index contributed by atoms with van der Waals surface area (Å²) in [6, 6.07) is 18.8. The van der Waals surface area contributed by atoms with Crippen molar-refractivity contribution in [3.63, 3.8) is 0 Å². The van der Waals surface area contributed by atoms with Crippen LogP contribution in [-0.2, 0) is 4.74 Å². The van der Waals surface area contributed by atoms with Gasteiger partial charge in [-0.15, -0.1) is 0 Å². The van der Waals surface area contributed by atoms with Crippen molar-refractivity contribution >= 4 is 39.8 Å². The van der Waals surface area contributed by atoms with Crippen LogP contribution in [0.5, 0.6) is 0 Å². The zero-order chi connectivity index (χ0) is 22.3. The Morgan fingerprint density at radius 1 is 0.969 bits per heavy atom. The van der Waals surface area contributed by atoms with Gasteiger partial charge in [0, 0.05) is 43.5 Å². The molecule has 0 unspecified atom stereocenters. The normalized spacial score (nSPS) is 13.2. The lowest BCUT2D eigenvalue weighted by atomic mass is 10.1. The van der Waals surface area contributed by atoms with Gasteiger partial charge in [0.05, 0.1) is 17.9 Å². The molecule has 1 fully saturated rings. The van der Waals surface area contributed by atoms with E-state index in [1.807, 2.05) is 54.6 Å². The second-order valence-corrected chi connectivity index (χ2v) is 7.78. The number of carbonyl (C=O) groups excluding carboxylic acids is 2. The van der Waals surface area contributed by atoms with Gasteiger partial charge in [-0.25, -0.2) is 4.79 Å². The molecule has 0 aliphatic carbocycles. The number of hydrogen-bond acceptors (Lipinski definition) is 4. The third-order valence-corrected chi connectivity index (χ3v) is 5.58. The molecule has 1 aliphatic rings. The minimum atomic E-state index is -0.360. The fraction of sp³-hybridized carbons (Fsp3) is 0.280. The van der Waals surface area contributed by atoms with Crippen molar-refractivity contribution in [2.24, 2.45) is 0 Å². The van der Waals surface area contributed by atoms with Crippen LogP contribution in [0.15, 0.2) is 60.7 Å². The summed E-state index contributed by atoms with van der Waals surface area (Å²) in [6.07, 6.45) is 2.22. The van der Waals surface area contributed by atoms with Crippen LogP contribution in [0.3, 0.4) is 0 Å². The van der Waals surface area contributed by atoms with E-state index in [2.05, 4.69) is 20.9 Å². The molecule has 0 atom stereocenters. The molecule has 0 bridgehead atoms. The number of nitrogens with one attached hydrogen (secondary N) is 3. The highest BCUT2D eigenvalue weighted by molar-refractivity contribution is 6.07. The lowest BCUT2D eigenvalue weighted by Gasteiger charge is -2.22. The highest BCUT2D eigenvalue weighted by atomic mass is 16.5. The Bertz CT molecular complexity index is 1100. The number of rotatable bonds is 7. The van der Waals surface area contributed by atoms with Gasteiger partial charge in [-0.2, -0.15) is 0 Å². The SMILES string of the molecule is COCCNC(=O)c1cc(NC(=O)Nc2cccc3ccccc23)ccc1N1CCCC1. The van der Waals surface area contributed by atoms with E-state index in [9.17, 15) is 9.59 Å². The van der Waals surface area contributed by atoms with E-state index in [-0.39, 0.29) is 11.9 Å². The molecule has 3 aromatic rings. The zero-order valence-electron chi connectivity index (χ0n) is 18.2. The standard InChI is InChI=1S/C25H28N4O3/c1-32-16-13-26-24(30)21-17-19(11-12-23(21)29-14-4-5-15-29)27-25(31)28-22-10-6-8-18-7-2-3-9-20(18)22/h2-3,6-12,17H,4-5,13-16H2,1H3,(H,26,30)(H2,27,28,31). The van der Waals surface area contributed by atoms with Crippen LogP contribution in [0.25, 0.3) is 10.8 Å². The molecule has 1 saturated heterocycles. The van der Waals surface area contributed by atoms with E-state index in [0.717, 1.165) is 48.1 Å². The van der Waals surface area contributed by atoms with E-state index in [1.165, 1.54) is 0 Å². The molecule has 0 spiro atoms. The topological polar surface area (TPSA) is 82.7 Å². The molecule has 3 aromatic carbocycles. The Morgan fingerprint density at radius 3 is 2.56 bits per heavy atom. The number of methoxy groups -OCH3 is 1. The van der Waals surface area contributed by atoms with Crippen molar-refractivity contribution in [1.82, 2.24) is 5.32 Å². The Labute approximate surface area is 187 Å². The highest BCUT2D eigenvalue weighted by Gasteiger charge is 2.20. The number of anilines is 3. The number of carbonyl (C=O) groups is 2. The van der Waals surface area contributed by atoms with Crippen LogP contribution < -0.4 is 20.9 Å². The second-order valence-electron chi connectivity index (χ2n) is 7.78. The van der Waals surface area contributed by atoms with E-state index >= 15 is 0 Å². The molecule has 7 heteroatoms. The molecule has 166 valence electrons. The fourth-order valence-electron chi connectivity index (χ4n) is 4.01. The highest BCUT2D eigenvalue weighted by Crippen LogP contribution is 2.28. The van der Waals surface area contributed by atoms with Crippen molar-refractivity contribution in [2.45, 2.75) is 12.8 Å². The summed E-state index contributed by atoms with van der Waals surface area (Å²) in [5, 5.41) is 10.7. The monoisotopic (exact) mass is 432 g/mol. The van der Waals surface area contributed by atoms with Crippen molar-refractivity contribution in [3.8, 4) is 0 Å². The first-order valence-corrected chi connectivity index (χ1v) is 10.9. The number of hydrogen-bond donors (Lipinski definition) is 3. The van der Waals surface area contributed by atoms with Gasteiger partial charge in [-0.05, 0) is 42.5 Å². The summed E-state index contributed by atoms with van der Waals surface area (Å²) in [4.78, 5) is 27.8. The molecule has 3 amide bonds. The summed E-state index contributed by atoms with van der Waals surface area (Å²) in [7, 11) is 1.60. The molecule has 1 aliphatic heterocycles. The Hall–Kier alpha value is -3.58. The Balaban J connectivity index is 1.53. The number of ether oxygens (including phenoxy) is 1. The van der Waals surface area contributed by atoms with Gasteiger partial charge in [0.25, 0.3) is 5.91 Å². The first kappa shape index (κ1) is 21.6. The molecule has 0 radical (unpaired) electrons. The average Bonchev–Trinajstić information content (AvgIpc) is 3.34. The van der Waals surface area contributed by atoms with Gasteiger partial charge in [-0.3, -0.25) is 4.79 Å². The van der Waals surface area contributed by atoms with Gasteiger partial charge in [0.15, 0.2) is 0 Å². The third kappa shape index (κ3) is 5.00. The van der Waals surface area contributed by atoms with Crippen molar-refractivity contribution in [2.75, 3.05) is 48.9 Å². The predicted molar refractivity (Wildman–Crippen MR) is 129 cm³/mol. The summed E-state index contributed by atoms with van der Waals surface area (Å²) in [5.41, 5.74) is 2.72. The summed E-state index contributed by atoms with van der Waals surface area (Å²) >= 11 is 0. The van der Waals surface area contributed by atoms with Crippen LogP contribution >= 0.6 is 0 Å². The smallest absolute Gasteiger partial charge is 0.323 e. The lowest BCUT2D eigenvalue weighted by Crippen LogP contribution is -2.30. The number of benzene rings is 3. The molecular weight excluding hydrogens is 404 g/mol. The van der Waals surface area contributed by atoms with Gasteiger partial charge >= 0.3 is 6.03 Å². The van der Waals surface area contributed by atoms with E-state index in [4.69, 9.17) is 4.74 Å². The quantitative estimate of drug-likeness (QED) is 0.482. The maximum Gasteiger partial charge on any atom is 0.323 e. The van der Waals surface area contributed by atoms with E-state index in [0.29, 0.717) is 24.4 Å². The Kier molecular flexibility index (Phi) is 6.87. The maximum atomic E-state index is 12.9. The van der Waals surface area contributed by atoms with E-state index < -0.39 is 0 Å². The second kappa shape index (κ2) is 10.2. The Morgan fingerprint density at radius 2 is 1.75 bits per heavy atom. The number of amides is 3. The molecule has 4 rings (SSSR count). The van der Waals surface area contributed by atoms with Crippen LogP contribution in [-0.4, -0.2) is 45.3 Å². The number of fused-ring (bicyclic) bond motifs is 1. The average molecular weight is 433 g/mol. The molecular formula is C25H28N4O3. The number of nitrogens with zero attached hydrogens (tertiary/aromatic N) is 1.